The zero-order valence-electron chi connectivity index (χ0n) is 11.6. The number of piperazine rings is 1. The van der Waals surface area contributed by atoms with Crippen LogP contribution in [0.4, 0.5) is 0 Å². The van der Waals surface area contributed by atoms with Gasteiger partial charge in [-0.25, -0.2) is 0 Å². The maximum absolute atomic E-state index is 12.6. The SMILES string of the molecule is CCN1CCN(S(=O)(=O)N2CCCC(CCl)C2)CC1. The minimum Gasteiger partial charge on any atom is -0.301 e. The molecule has 0 saturated carbocycles. The van der Waals surface area contributed by atoms with Crippen LogP contribution in [0.1, 0.15) is 19.8 Å². The number of alkyl halides is 1. The maximum atomic E-state index is 12.6. The summed E-state index contributed by atoms with van der Waals surface area (Å²) in [5.74, 6) is 0.859. The van der Waals surface area contributed by atoms with Gasteiger partial charge in [0.05, 0.1) is 0 Å². The van der Waals surface area contributed by atoms with E-state index in [1.807, 2.05) is 0 Å². The van der Waals surface area contributed by atoms with Crippen LogP contribution in [0.3, 0.4) is 0 Å². The van der Waals surface area contributed by atoms with E-state index in [4.69, 9.17) is 11.6 Å². The highest BCUT2D eigenvalue weighted by Gasteiger charge is 2.34. The van der Waals surface area contributed by atoms with Gasteiger partial charge in [0, 0.05) is 45.1 Å². The van der Waals surface area contributed by atoms with Gasteiger partial charge in [-0.05, 0) is 25.3 Å². The van der Waals surface area contributed by atoms with Crippen LogP contribution in [-0.4, -0.2) is 73.6 Å². The molecule has 0 N–H and O–H groups in total. The summed E-state index contributed by atoms with van der Waals surface area (Å²) in [4.78, 5) is 2.28. The number of halogens is 1. The number of hydrogen-bond donors (Lipinski definition) is 0. The van der Waals surface area contributed by atoms with Crippen molar-refractivity contribution in [1.82, 2.24) is 13.5 Å². The fourth-order valence-electron chi connectivity index (χ4n) is 2.80. The molecule has 0 aromatic heterocycles. The van der Waals surface area contributed by atoms with E-state index >= 15 is 0 Å². The molecule has 0 radical (unpaired) electrons. The minimum atomic E-state index is -3.28. The van der Waals surface area contributed by atoms with Gasteiger partial charge >= 0.3 is 0 Å². The summed E-state index contributed by atoms with van der Waals surface area (Å²) in [6.45, 7) is 7.22. The Kier molecular flexibility index (Phi) is 5.48. The zero-order chi connectivity index (χ0) is 13.9. The van der Waals surface area contributed by atoms with Gasteiger partial charge in [-0.1, -0.05) is 6.92 Å². The summed E-state index contributed by atoms with van der Waals surface area (Å²) in [5.41, 5.74) is 0. The summed E-state index contributed by atoms with van der Waals surface area (Å²) in [6.07, 6.45) is 1.96. The highest BCUT2D eigenvalue weighted by Crippen LogP contribution is 2.22. The van der Waals surface area contributed by atoms with Crippen LogP contribution in [0.2, 0.25) is 0 Å². The van der Waals surface area contributed by atoms with E-state index in [9.17, 15) is 8.42 Å². The summed E-state index contributed by atoms with van der Waals surface area (Å²) >= 11 is 5.88. The molecular weight excluding hydrogens is 286 g/mol. The van der Waals surface area contributed by atoms with Gasteiger partial charge in [0.25, 0.3) is 10.2 Å². The van der Waals surface area contributed by atoms with E-state index in [0.29, 0.717) is 38.0 Å². The van der Waals surface area contributed by atoms with Crippen molar-refractivity contribution in [2.24, 2.45) is 5.92 Å². The number of rotatable bonds is 4. The Bertz CT molecular complexity index is 382. The number of likely N-dealkylation sites (N-methyl/N-ethyl adjacent to an activating group) is 1. The lowest BCUT2D eigenvalue weighted by Crippen LogP contribution is -2.54. The predicted molar refractivity (Wildman–Crippen MR) is 77.6 cm³/mol. The van der Waals surface area contributed by atoms with Crippen LogP contribution in [0.25, 0.3) is 0 Å². The topological polar surface area (TPSA) is 43.9 Å². The molecule has 0 spiro atoms. The normalized spacial score (nSPS) is 28.6. The molecule has 1 unspecified atom stereocenters. The fourth-order valence-corrected chi connectivity index (χ4v) is 4.76. The van der Waals surface area contributed by atoms with Crippen molar-refractivity contribution >= 4 is 21.8 Å². The van der Waals surface area contributed by atoms with Gasteiger partial charge < -0.3 is 4.90 Å². The molecule has 0 aromatic rings. The van der Waals surface area contributed by atoms with Crippen LogP contribution in [0, 0.1) is 5.92 Å². The third-order valence-corrected chi connectivity index (χ3v) is 6.57. The van der Waals surface area contributed by atoms with Crippen LogP contribution in [0.15, 0.2) is 0 Å². The first-order chi connectivity index (χ1) is 9.07. The molecule has 2 aliphatic heterocycles. The Morgan fingerprint density at radius 3 is 2.37 bits per heavy atom. The third-order valence-electron chi connectivity index (χ3n) is 4.13. The van der Waals surface area contributed by atoms with E-state index in [2.05, 4.69) is 11.8 Å². The highest BCUT2D eigenvalue weighted by atomic mass is 35.5. The first-order valence-electron chi connectivity index (χ1n) is 7.11. The van der Waals surface area contributed by atoms with Crippen molar-refractivity contribution in [3.05, 3.63) is 0 Å². The van der Waals surface area contributed by atoms with E-state index in [1.54, 1.807) is 8.61 Å². The van der Waals surface area contributed by atoms with E-state index in [-0.39, 0.29) is 0 Å². The van der Waals surface area contributed by atoms with E-state index in [1.165, 1.54) is 0 Å². The zero-order valence-corrected chi connectivity index (χ0v) is 13.2. The molecule has 0 bridgehead atoms. The molecule has 19 heavy (non-hydrogen) atoms. The number of hydrogen-bond acceptors (Lipinski definition) is 3. The lowest BCUT2D eigenvalue weighted by atomic mass is 10.0. The number of piperidine rings is 1. The molecule has 112 valence electrons. The standard InChI is InChI=1S/C12H24ClN3O2S/c1-2-14-6-8-15(9-7-14)19(17,18)16-5-3-4-12(10-13)11-16/h12H,2-11H2,1H3. The van der Waals surface area contributed by atoms with Crippen LogP contribution < -0.4 is 0 Å². The molecule has 2 aliphatic rings. The largest absolute Gasteiger partial charge is 0.301 e. The molecule has 0 aliphatic carbocycles. The van der Waals surface area contributed by atoms with Gasteiger partial charge in [-0.3, -0.25) is 0 Å². The van der Waals surface area contributed by atoms with Gasteiger partial charge in [0.15, 0.2) is 0 Å². The molecule has 2 fully saturated rings. The molecule has 0 aromatic carbocycles. The minimum absolute atomic E-state index is 0.308. The Labute approximate surface area is 121 Å². The highest BCUT2D eigenvalue weighted by molar-refractivity contribution is 7.86. The van der Waals surface area contributed by atoms with Crippen molar-refractivity contribution in [2.45, 2.75) is 19.8 Å². The monoisotopic (exact) mass is 309 g/mol. The average Bonchev–Trinajstić information content (AvgIpc) is 2.47. The van der Waals surface area contributed by atoms with Crippen molar-refractivity contribution < 1.29 is 8.42 Å². The quantitative estimate of drug-likeness (QED) is 0.722. The number of nitrogens with zero attached hydrogens (tertiary/aromatic N) is 3. The Morgan fingerprint density at radius 2 is 1.79 bits per heavy atom. The summed E-state index contributed by atoms with van der Waals surface area (Å²) < 4.78 is 28.4. The van der Waals surface area contributed by atoms with E-state index in [0.717, 1.165) is 32.5 Å². The Morgan fingerprint density at radius 1 is 1.11 bits per heavy atom. The lowest BCUT2D eigenvalue weighted by molar-refractivity contribution is 0.181. The maximum Gasteiger partial charge on any atom is 0.282 e. The molecule has 1 atom stereocenters. The second-order valence-electron chi connectivity index (χ2n) is 5.36. The molecule has 2 heterocycles. The second kappa shape index (κ2) is 6.72. The van der Waals surface area contributed by atoms with Crippen LogP contribution in [-0.2, 0) is 10.2 Å². The first-order valence-corrected chi connectivity index (χ1v) is 9.04. The van der Waals surface area contributed by atoms with Crippen LogP contribution in [0.5, 0.6) is 0 Å². The molecule has 5 nitrogen and oxygen atoms in total. The van der Waals surface area contributed by atoms with Gasteiger partial charge in [-0.15, -0.1) is 11.6 Å². The molecule has 7 heteroatoms. The van der Waals surface area contributed by atoms with Crippen molar-refractivity contribution in [3.63, 3.8) is 0 Å². The lowest BCUT2D eigenvalue weighted by Gasteiger charge is -2.38. The summed E-state index contributed by atoms with van der Waals surface area (Å²) in [6, 6.07) is 0. The van der Waals surface area contributed by atoms with Crippen molar-refractivity contribution in [2.75, 3.05) is 51.7 Å². The molecule has 0 amide bonds. The molecular formula is C12H24ClN3O2S. The van der Waals surface area contributed by atoms with E-state index < -0.39 is 10.2 Å². The Balaban J connectivity index is 1.98. The first kappa shape index (κ1) is 15.5. The van der Waals surface area contributed by atoms with Crippen molar-refractivity contribution in [1.29, 1.82) is 0 Å². The molecule has 2 rings (SSSR count). The smallest absolute Gasteiger partial charge is 0.282 e. The van der Waals surface area contributed by atoms with Crippen molar-refractivity contribution in [3.8, 4) is 0 Å². The molecule has 2 saturated heterocycles. The van der Waals surface area contributed by atoms with Gasteiger partial charge in [0.2, 0.25) is 0 Å². The Hall–Kier alpha value is 0.120. The van der Waals surface area contributed by atoms with Crippen LogP contribution >= 0.6 is 11.6 Å². The fraction of sp³-hybridized carbons (Fsp3) is 1.00. The van der Waals surface area contributed by atoms with Gasteiger partial charge in [-0.2, -0.15) is 17.0 Å². The summed E-state index contributed by atoms with van der Waals surface area (Å²) in [7, 11) is -3.28. The predicted octanol–water partition coefficient (Wildman–Crippen LogP) is 0.819. The van der Waals surface area contributed by atoms with Gasteiger partial charge in [0.1, 0.15) is 0 Å². The summed E-state index contributed by atoms with van der Waals surface area (Å²) in [5, 5.41) is 0. The average molecular weight is 310 g/mol. The second-order valence-corrected chi connectivity index (χ2v) is 7.60. The third kappa shape index (κ3) is 3.61.